The monoisotopic (exact) mass is 327 g/mol. The van der Waals surface area contributed by atoms with Crippen molar-refractivity contribution in [2.45, 2.75) is 10.8 Å². The third kappa shape index (κ3) is 2.85. The largest absolute Gasteiger partial charge is 0.262 e. The van der Waals surface area contributed by atoms with Crippen LogP contribution < -0.4 is 0 Å². The minimum atomic E-state index is -3.94. The first-order chi connectivity index (χ1) is 6.90. The van der Waals surface area contributed by atoms with Crippen molar-refractivity contribution in [3.63, 3.8) is 0 Å². The summed E-state index contributed by atoms with van der Waals surface area (Å²) in [5.41, 5.74) is 0.413. The summed E-state index contributed by atoms with van der Waals surface area (Å²) in [4.78, 5) is -0.225. The quantitative estimate of drug-likeness (QED) is 0.619. The Morgan fingerprint density at radius 2 is 2.07 bits per heavy atom. The summed E-state index contributed by atoms with van der Waals surface area (Å²) in [6.45, 7) is 0. The summed E-state index contributed by atoms with van der Waals surface area (Å²) in [6.07, 6.45) is 0. The Hall–Kier alpha value is -0.280. The fourth-order valence-corrected chi connectivity index (χ4v) is 2.98. The highest BCUT2D eigenvalue weighted by Gasteiger charge is 2.19. The predicted octanol–water partition coefficient (Wildman–Crippen LogP) is 2.99. The van der Waals surface area contributed by atoms with Gasteiger partial charge in [-0.1, -0.05) is 15.9 Å². The van der Waals surface area contributed by atoms with Gasteiger partial charge in [0.2, 0.25) is 0 Å². The number of nitriles is 1. The van der Waals surface area contributed by atoms with Crippen molar-refractivity contribution in [1.29, 1.82) is 5.26 Å². The molecule has 0 amide bonds. The molecule has 0 aliphatic heterocycles. The van der Waals surface area contributed by atoms with Crippen LogP contribution in [0, 0.1) is 11.3 Å². The molecular weight excluding hydrogens is 325 g/mol. The zero-order valence-corrected chi connectivity index (χ0v) is 11.1. The van der Waals surface area contributed by atoms with Gasteiger partial charge in [0.25, 0.3) is 9.05 Å². The van der Waals surface area contributed by atoms with Crippen LogP contribution in [0.1, 0.15) is 11.1 Å². The number of nitrogens with zero attached hydrogens (tertiary/aromatic N) is 1. The molecule has 0 atom stereocenters. The van der Waals surface area contributed by atoms with Crippen molar-refractivity contribution in [1.82, 2.24) is 0 Å². The summed E-state index contributed by atoms with van der Waals surface area (Å²) >= 11 is 8.71. The molecule has 15 heavy (non-hydrogen) atoms. The first kappa shape index (κ1) is 12.8. The van der Waals surface area contributed by atoms with Crippen LogP contribution in [0.4, 0.5) is 0 Å². The molecule has 0 bridgehead atoms. The van der Waals surface area contributed by atoms with Crippen molar-refractivity contribution in [3.8, 4) is 6.07 Å². The van der Waals surface area contributed by atoms with Crippen molar-refractivity contribution in [3.05, 3.63) is 27.7 Å². The Morgan fingerprint density at radius 1 is 1.47 bits per heavy atom. The maximum absolute atomic E-state index is 11.2. The molecule has 0 aliphatic rings. The minimum absolute atomic E-state index is 0.0109. The third-order valence-electron chi connectivity index (χ3n) is 1.67. The molecule has 3 nitrogen and oxygen atoms in total. The van der Waals surface area contributed by atoms with E-state index in [-0.39, 0.29) is 16.3 Å². The Labute approximate surface area is 105 Å². The van der Waals surface area contributed by atoms with E-state index < -0.39 is 9.05 Å². The Morgan fingerprint density at radius 3 is 2.47 bits per heavy atom. The van der Waals surface area contributed by atoms with Crippen LogP contribution in [-0.4, -0.2) is 8.42 Å². The van der Waals surface area contributed by atoms with Gasteiger partial charge in [-0.15, -0.1) is 11.6 Å². The molecule has 0 aromatic heterocycles. The van der Waals surface area contributed by atoms with Crippen LogP contribution in [0.15, 0.2) is 21.5 Å². The number of halogens is 3. The first-order valence-corrected chi connectivity index (χ1v) is 7.27. The summed E-state index contributed by atoms with van der Waals surface area (Å²) < 4.78 is 22.9. The van der Waals surface area contributed by atoms with Crippen molar-refractivity contribution < 1.29 is 8.42 Å². The predicted molar refractivity (Wildman–Crippen MR) is 61.5 cm³/mol. The lowest BCUT2D eigenvalue weighted by atomic mass is 10.1. The van der Waals surface area contributed by atoms with E-state index in [2.05, 4.69) is 15.9 Å². The van der Waals surface area contributed by atoms with E-state index in [9.17, 15) is 8.42 Å². The molecule has 1 rings (SSSR count). The minimum Gasteiger partial charge on any atom is -0.207 e. The van der Waals surface area contributed by atoms with Crippen LogP contribution in [0.25, 0.3) is 0 Å². The highest BCUT2D eigenvalue weighted by Crippen LogP contribution is 2.28. The lowest BCUT2D eigenvalue weighted by Gasteiger charge is -2.05. The van der Waals surface area contributed by atoms with Gasteiger partial charge < -0.3 is 0 Å². The highest BCUT2D eigenvalue weighted by atomic mass is 79.9. The molecule has 0 radical (unpaired) electrons. The fraction of sp³-hybridized carbons (Fsp3) is 0.125. The van der Waals surface area contributed by atoms with Crippen LogP contribution in [-0.2, 0) is 14.9 Å². The van der Waals surface area contributed by atoms with E-state index >= 15 is 0 Å². The fourth-order valence-electron chi connectivity index (χ4n) is 1.06. The number of alkyl halides is 1. The van der Waals surface area contributed by atoms with Gasteiger partial charge in [0.15, 0.2) is 0 Å². The van der Waals surface area contributed by atoms with E-state index in [4.69, 9.17) is 27.5 Å². The van der Waals surface area contributed by atoms with Gasteiger partial charge in [0.1, 0.15) is 11.0 Å². The molecule has 80 valence electrons. The summed E-state index contributed by atoms with van der Waals surface area (Å²) in [5, 5.41) is 8.84. The van der Waals surface area contributed by atoms with Crippen LogP contribution in [0.3, 0.4) is 0 Å². The molecule has 0 spiro atoms. The maximum atomic E-state index is 11.2. The molecule has 1 aromatic rings. The summed E-state index contributed by atoms with van der Waals surface area (Å²) in [6, 6.07) is 4.64. The van der Waals surface area contributed by atoms with Crippen LogP contribution in [0.5, 0.6) is 0 Å². The Balaban J connectivity index is 3.66. The van der Waals surface area contributed by atoms with Gasteiger partial charge >= 0.3 is 0 Å². The Kier molecular flexibility index (Phi) is 4.01. The second-order valence-corrected chi connectivity index (χ2v) is 6.34. The second-order valence-electron chi connectivity index (χ2n) is 2.62. The van der Waals surface area contributed by atoms with E-state index in [1.807, 2.05) is 0 Å². The molecule has 0 saturated heterocycles. The second kappa shape index (κ2) is 4.71. The molecule has 0 saturated carbocycles. The number of benzene rings is 1. The first-order valence-electron chi connectivity index (χ1n) is 3.63. The lowest BCUT2D eigenvalue weighted by molar-refractivity contribution is 0.609. The van der Waals surface area contributed by atoms with Crippen molar-refractivity contribution >= 4 is 47.3 Å². The molecule has 7 heteroatoms. The van der Waals surface area contributed by atoms with Gasteiger partial charge in [0.05, 0.1) is 5.56 Å². The average Bonchev–Trinajstić information content (AvgIpc) is 2.15. The number of rotatable bonds is 2. The van der Waals surface area contributed by atoms with Gasteiger partial charge in [-0.2, -0.15) is 5.26 Å². The lowest BCUT2D eigenvalue weighted by Crippen LogP contribution is -1.99. The maximum Gasteiger partial charge on any atom is 0.262 e. The topological polar surface area (TPSA) is 57.9 Å². The average molecular weight is 329 g/mol. The molecule has 0 aliphatic carbocycles. The van der Waals surface area contributed by atoms with Gasteiger partial charge in [-0.25, -0.2) is 8.42 Å². The standard InChI is InChI=1S/C8H4BrCl2NO2S/c9-6-1-5(3-10)7(4-12)8(2-6)15(11,13)14/h1-2H,3H2. The van der Waals surface area contributed by atoms with E-state index in [1.54, 1.807) is 12.1 Å². The zero-order valence-electron chi connectivity index (χ0n) is 7.17. The van der Waals surface area contributed by atoms with Crippen molar-refractivity contribution in [2.75, 3.05) is 0 Å². The summed E-state index contributed by atoms with van der Waals surface area (Å²) in [7, 11) is 1.26. The molecule has 0 fully saturated rings. The van der Waals surface area contributed by atoms with Crippen LogP contribution in [0.2, 0.25) is 0 Å². The molecule has 0 N–H and O–H groups in total. The third-order valence-corrected chi connectivity index (χ3v) is 3.76. The molecule has 0 unspecified atom stereocenters. The van der Waals surface area contributed by atoms with Gasteiger partial charge in [-0.05, 0) is 17.7 Å². The van der Waals surface area contributed by atoms with Crippen LogP contribution >= 0.6 is 38.2 Å². The summed E-state index contributed by atoms with van der Waals surface area (Å²) in [5.74, 6) is 0.0434. The molecular formula is C8H4BrCl2NO2S. The number of hydrogen-bond acceptors (Lipinski definition) is 3. The van der Waals surface area contributed by atoms with E-state index in [0.717, 1.165) is 0 Å². The zero-order chi connectivity index (χ0) is 11.6. The van der Waals surface area contributed by atoms with Crippen molar-refractivity contribution in [2.24, 2.45) is 0 Å². The van der Waals surface area contributed by atoms with Gasteiger partial charge in [0, 0.05) is 21.0 Å². The highest BCUT2D eigenvalue weighted by molar-refractivity contribution is 9.10. The van der Waals surface area contributed by atoms with E-state index in [1.165, 1.54) is 6.07 Å². The normalized spacial score (nSPS) is 11.1. The SMILES string of the molecule is N#Cc1c(CCl)cc(Br)cc1S(=O)(=O)Cl. The smallest absolute Gasteiger partial charge is 0.207 e. The van der Waals surface area contributed by atoms with E-state index in [0.29, 0.717) is 10.0 Å². The van der Waals surface area contributed by atoms with Gasteiger partial charge in [-0.3, -0.25) is 0 Å². The number of hydrogen-bond donors (Lipinski definition) is 0. The Bertz CT molecular complexity index is 536. The molecule has 0 heterocycles. The molecule has 1 aromatic carbocycles.